The van der Waals surface area contributed by atoms with Crippen molar-refractivity contribution in [3.05, 3.63) is 0 Å². The SMILES string of the molecule is CCN(C)C1CN(CC#N)C1. The summed E-state index contributed by atoms with van der Waals surface area (Å²) in [5, 5.41) is 8.38. The van der Waals surface area contributed by atoms with Gasteiger partial charge in [0.1, 0.15) is 0 Å². The van der Waals surface area contributed by atoms with Crippen LogP contribution in [0.3, 0.4) is 0 Å². The summed E-state index contributed by atoms with van der Waals surface area (Å²) in [6.07, 6.45) is 0. The predicted octanol–water partition coefficient (Wildman–Crippen LogP) is 0.146. The van der Waals surface area contributed by atoms with E-state index in [9.17, 15) is 0 Å². The zero-order chi connectivity index (χ0) is 8.27. The van der Waals surface area contributed by atoms with E-state index in [4.69, 9.17) is 5.26 Å². The summed E-state index contributed by atoms with van der Waals surface area (Å²) in [6, 6.07) is 2.84. The average Bonchev–Trinajstić information content (AvgIpc) is 1.94. The van der Waals surface area contributed by atoms with Gasteiger partial charge in [-0.1, -0.05) is 6.92 Å². The first-order chi connectivity index (χ1) is 5.27. The maximum absolute atomic E-state index is 8.38. The number of likely N-dealkylation sites (tertiary alicyclic amines) is 1. The molecule has 0 unspecified atom stereocenters. The Morgan fingerprint density at radius 2 is 2.27 bits per heavy atom. The maximum atomic E-state index is 8.38. The van der Waals surface area contributed by atoms with Crippen LogP contribution >= 0.6 is 0 Å². The molecule has 0 aliphatic carbocycles. The minimum atomic E-state index is 0.591. The van der Waals surface area contributed by atoms with Gasteiger partial charge in [-0.3, -0.25) is 4.90 Å². The number of nitriles is 1. The Labute approximate surface area is 68.2 Å². The molecule has 1 aliphatic heterocycles. The van der Waals surface area contributed by atoms with Crippen molar-refractivity contribution in [1.29, 1.82) is 5.26 Å². The van der Waals surface area contributed by atoms with Crippen molar-refractivity contribution in [2.75, 3.05) is 33.2 Å². The fourth-order valence-electron chi connectivity index (χ4n) is 1.31. The highest BCUT2D eigenvalue weighted by Crippen LogP contribution is 2.11. The van der Waals surface area contributed by atoms with Gasteiger partial charge in [0.15, 0.2) is 0 Å². The smallest absolute Gasteiger partial charge is 0.0867 e. The summed E-state index contributed by atoms with van der Waals surface area (Å²) in [5.74, 6) is 0. The van der Waals surface area contributed by atoms with Gasteiger partial charge in [0.2, 0.25) is 0 Å². The van der Waals surface area contributed by atoms with Crippen molar-refractivity contribution in [3.8, 4) is 6.07 Å². The lowest BCUT2D eigenvalue weighted by Crippen LogP contribution is -2.58. The molecule has 0 aromatic heterocycles. The molecule has 0 amide bonds. The Balaban J connectivity index is 2.14. The molecule has 0 aromatic carbocycles. The van der Waals surface area contributed by atoms with E-state index in [1.807, 2.05) is 0 Å². The van der Waals surface area contributed by atoms with Crippen LogP contribution in [0.15, 0.2) is 0 Å². The Morgan fingerprint density at radius 3 is 2.73 bits per heavy atom. The molecule has 1 saturated heterocycles. The van der Waals surface area contributed by atoms with E-state index >= 15 is 0 Å². The van der Waals surface area contributed by atoms with Gasteiger partial charge < -0.3 is 4.90 Å². The number of likely N-dealkylation sites (N-methyl/N-ethyl adjacent to an activating group) is 1. The van der Waals surface area contributed by atoms with Crippen LogP contribution in [0.2, 0.25) is 0 Å². The molecule has 1 aliphatic rings. The van der Waals surface area contributed by atoms with Crippen LogP contribution in [-0.4, -0.2) is 49.1 Å². The number of hydrogen-bond donors (Lipinski definition) is 0. The molecule has 62 valence electrons. The van der Waals surface area contributed by atoms with Crippen LogP contribution in [0.25, 0.3) is 0 Å². The van der Waals surface area contributed by atoms with Gasteiger partial charge >= 0.3 is 0 Å². The van der Waals surface area contributed by atoms with Gasteiger partial charge in [0.25, 0.3) is 0 Å². The summed E-state index contributed by atoms with van der Waals surface area (Å²) < 4.78 is 0. The Kier molecular flexibility index (Phi) is 2.86. The molecular formula is C8H15N3. The third-order valence-corrected chi connectivity index (χ3v) is 2.35. The highest BCUT2D eigenvalue weighted by molar-refractivity contribution is 4.91. The summed E-state index contributed by atoms with van der Waals surface area (Å²) in [5.41, 5.74) is 0. The van der Waals surface area contributed by atoms with Crippen molar-refractivity contribution in [2.24, 2.45) is 0 Å². The van der Waals surface area contributed by atoms with E-state index in [1.165, 1.54) is 0 Å². The zero-order valence-electron chi connectivity index (χ0n) is 7.25. The molecule has 3 heteroatoms. The second-order valence-corrected chi connectivity index (χ2v) is 3.08. The second kappa shape index (κ2) is 3.70. The topological polar surface area (TPSA) is 30.3 Å². The van der Waals surface area contributed by atoms with Crippen LogP contribution < -0.4 is 0 Å². The van der Waals surface area contributed by atoms with Gasteiger partial charge in [-0.2, -0.15) is 5.26 Å². The summed E-state index contributed by atoms with van der Waals surface area (Å²) in [4.78, 5) is 4.49. The van der Waals surface area contributed by atoms with Crippen molar-refractivity contribution in [2.45, 2.75) is 13.0 Å². The van der Waals surface area contributed by atoms with Gasteiger partial charge in [-0.25, -0.2) is 0 Å². The quantitative estimate of drug-likeness (QED) is 0.540. The predicted molar refractivity (Wildman–Crippen MR) is 44.1 cm³/mol. The highest BCUT2D eigenvalue weighted by atomic mass is 15.3. The first-order valence-corrected chi connectivity index (χ1v) is 4.07. The minimum Gasteiger partial charge on any atom is -0.301 e. The molecule has 0 spiro atoms. The Bertz CT molecular complexity index is 155. The van der Waals surface area contributed by atoms with Crippen LogP contribution in [0.5, 0.6) is 0 Å². The molecule has 1 heterocycles. The van der Waals surface area contributed by atoms with Crippen LogP contribution in [0.1, 0.15) is 6.92 Å². The fourth-order valence-corrected chi connectivity index (χ4v) is 1.31. The molecule has 1 rings (SSSR count). The van der Waals surface area contributed by atoms with Gasteiger partial charge in [-0.05, 0) is 13.6 Å². The lowest BCUT2D eigenvalue weighted by atomic mass is 10.1. The molecule has 0 radical (unpaired) electrons. The molecular weight excluding hydrogens is 138 g/mol. The van der Waals surface area contributed by atoms with Crippen LogP contribution in [0.4, 0.5) is 0 Å². The van der Waals surface area contributed by atoms with Crippen molar-refractivity contribution in [1.82, 2.24) is 9.80 Å². The average molecular weight is 153 g/mol. The summed E-state index contributed by atoms with van der Waals surface area (Å²) >= 11 is 0. The molecule has 11 heavy (non-hydrogen) atoms. The van der Waals surface area contributed by atoms with Crippen molar-refractivity contribution < 1.29 is 0 Å². The first-order valence-electron chi connectivity index (χ1n) is 4.07. The normalized spacial score (nSPS) is 19.8. The maximum Gasteiger partial charge on any atom is 0.0867 e. The first kappa shape index (κ1) is 8.51. The third kappa shape index (κ3) is 1.92. The number of hydrogen-bond acceptors (Lipinski definition) is 3. The summed E-state index contributed by atoms with van der Waals surface area (Å²) in [7, 11) is 2.13. The molecule has 0 bridgehead atoms. The standard InChI is InChI=1S/C8H15N3/c1-3-10(2)8-6-11(7-8)5-4-9/h8H,3,5-7H2,1-2H3. The third-order valence-electron chi connectivity index (χ3n) is 2.35. The number of nitrogens with zero attached hydrogens (tertiary/aromatic N) is 3. The lowest BCUT2D eigenvalue weighted by molar-refractivity contribution is 0.0634. The molecule has 0 atom stereocenters. The van der Waals surface area contributed by atoms with E-state index in [-0.39, 0.29) is 0 Å². The number of rotatable bonds is 3. The highest BCUT2D eigenvalue weighted by Gasteiger charge is 2.28. The molecule has 1 fully saturated rings. The monoisotopic (exact) mass is 153 g/mol. The van der Waals surface area contributed by atoms with Crippen molar-refractivity contribution >= 4 is 0 Å². The minimum absolute atomic E-state index is 0.591. The second-order valence-electron chi connectivity index (χ2n) is 3.08. The van der Waals surface area contributed by atoms with E-state index in [0.717, 1.165) is 19.6 Å². The van der Waals surface area contributed by atoms with Crippen molar-refractivity contribution in [3.63, 3.8) is 0 Å². The Hall–Kier alpha value is -0.590. The fraction of sp³-hybridized carbons (Fsp3) is 0.875. The van der Waals surface area contributed by atoms with E-state index in [2.05, 4.69) is 29.8 Å². The zero-order valence-corrected chi connectivity index (χ0v) is 7.25. The van der Waals surface area contributed by atoms with Crippen LogP contribution in [0, 0.1) is 11.3 Å². The van der Waals surface area contributed by atoms with Gasteiger partial charge in [-0.15, -0.1) is 0 Å². The Morgan fingerprint density at radius 1 is 1.64 bits per heavy atom. The molecule has 0 aromatic rings. The van der Waals surface area contributed by atoms with E-state index in [1.54, 1.807) is 0 Å². The van der Waals surface area contributed by atoms with E-state index in [0.29, 0.717) is 12.6 Å². The molecule has 3 nitrogen and oxygen atoms in total. The molecule has 0 N–H and O–H groups in total. The largest absolute Gasteiger partial charge is 0.301 e. The summed E-state index contributed by atoms with van der Waals surface area (Å²) in [6.45, 7) is 5.99. The van der Waals surface area contributed by atoms with E-state index < -0.39 is 0 Å². The van der Waals surface area contributed by atoms with Crippen LogP contribution in [-0.2, 0) is 0 Å². The lowest BCUT2D eigenvalue weighted by Gasteiger charge is -2.42. The van der Waals surface area contributed by atoms with Gasteiger partial charge in [0.05, 0.1) is 12.6 Å². The van der Waals surface area contributed by atoms with Gasteiger partial charge in [0, 0.05) is 19.1 Å². The molecule has 0 saturated carbocycles.